The fourth-order valence-corrected chi connectivity index (χ4v) is 3.10. The van der Waals surface area contributed by atoms with E-state index >= 15 is 0 Å². The second kappa shape index (κ2) is 5.86. The molecule has 0 N–H and O–H groups in total. The molecule has 17 heavy (non-hydrogen) atoms. The van der Waals surface area contributed by atoms with Gasteiger partial charge in [-0.2, -0.15) is 11.8 Å². The number of benzene rings is 1. The predicted molar refractivity (Wildman–Crippen MR) is 81.7 cm³/mol. The summed E-state index contributed by atoms with van der Waals surface area (Å²) in [5, 5.41) is 1.75. The van der Waals surface area contributed by atoms with Crippen molar-refractivity contribution in [2.24, 2.45) is 0 Å². The van der Waals surface area contributed by atoms with E-state index in [0.29, 0.717) is 15.3 Å². The summed E-state index contributed by atoms with van der Waals surface area (Å²) in [6, 6.07) is 4.05. The first-order valence-electron chi connectivity index (χ1n) is 5.88. The zero-order valence-corrected chi connectivity index (χ0v) is 13.4. The van der Waals surface area contributed by atoms with Crippen molar-refractivity contribution in [1.82, 2.24) is 0 Å². The molecule has 0 fully saturated rings. The summed E-state index contributed by atoms with van der Waals surface area (Å²) in [4.78, 5) is 0. The first kappa shape index (κ1) is 15.2. The average Bonchev–Trinajstić information content (AvgIpc) is 2.20. The van der Waals surface area contributed by atoms with Crippen LogP contribution in [-0.4, -0.2) is 5.75 Å². The third kappa shape index (κ3) is 3.81. The van der Waals surface area contributed by atoms with Crippen molar-refractivity contribution in [2.75, 3.05) is 5.75 Å². The van der Waals surface area contributed by atoms with Crippen LogP contribution in [0, 0.1) is 0 Å². The molecule has 0 amide bonds. The number of thioether (sulfide) groups is 1. The number of halogens is 2. The summed E-state index contributed by atoms with van der Waals surface area (Å²) in [6.07, 6.45) is 0. The molecule has 0 aromatic heterocycles. The largest absolute Gasteiger partial charge is 0.154 e. The van der Waals surface area contributed by atoms with E-state index in [9.17, 15) is 0 Å². The van der Waals surface area contributed by atoms with Crippen LogP contribution in [0.2, 0.25) is 10.0 Å². The first-order valence-corrected chi connectivity index (χ1v) is 7.68. The molecule has 1 atom stereocenters. The number of rotatable bonds is 3. The molecule has 0 saturated heterocycles. The Hall–Kier alpha value is 0.150. The zero-order chi connectivity index (χ0) is 13.2. The van der Waals surface area contributed by atoms with Gasteiger partial charge < -0.3 is 0 Å². The zero-order valence-electron chi connectivity index (χ0n) is 11.1. The van der Waals surface area contributed by atoms with Crippen LogP contribution >= 0.6 is 35.0 Å². The quantitative estimate of drug-likeness (QED) is 0.648. The molecule has 1 aromatic carbocycles. The Bertz CT molecular complexity index is 394. The van der Waals surface area contributed by atoms with Crippen LogP contribution in [0.4, 0.5) is 0 Å². The minimum absolute atomic E-state index is 0.0894. The van der Waals surface area contributed by atoms with Crippen LogP contribution < -0.4 is 0 Å². The fraction of sp³-hybridized carbons (Fsp3) is 0.571. The second-order valence-corrected chi connectivity index (χ2v) is 7.63. The van der Waals surface area contributed by atoms with Crippen LogP contribution in [0.15, 0.2) is 12.1 Å². The first-order chi connectivity index (χ1) is 7.77. The normalized spacial score (nSPS) is 13.8. The van der Waals surface area contributed by atoms with Gasteiger partial charge >= 0.3 is 0 Å². The van der Waals surface area contributed by atoms with Gasteiger partial charge in [-0.25, -0.2) is 0 Å². The molecule has 96 valence electrons. The maximum Gasteiger partial charge on any atom is 0.0595 e. The Kier molecular flexibility index (Phi) is 5.24. The molecule has 0 aliphatic heterocycles. The highest BCUT2D eigenvalue weighted by Gasteiger charge is 2.22. The molecule has 0 heterocycles. The molecule has 0 spiro atoms. The van der Waals surface area contributed by atoms with E-state index in [1.54, 1.807) is 0 Å². The molecule has 3 heteroatoms. The van der Waals surface area contributed by atoms with Gasteiger partial charge in [-0.3, -0.25) is 0 Å². The van der Waals surface area contributed by atoms with E-state index < -0.39 is 0 Å². The maximum atomic E-state index is 6.14. The molecule has 0 nitrogen and oxygen atoms in total. The summed E-state index contributed by atoms with van der Waals surface area (Å²) < 4.78 is 0. The fourth-order valence-electron chi connectivity index (χ4n) is 1.89. The van der Waals surface area contributed by atoms with Crippen molar-refractivity contribution >= 4 is 35.0 Å². The minimum atomic E-state index is 0.0894. The van der Waals surface area contributed by atoms with Gasteiger partial charge in [0, 0.05) is 5.25 Å². The van der Waals surface area contributed by atoms with E-state index in [0.717, 1.165) is 5.75 Å². The smallest absolute Gasteiger partial charge is 0.0595 e. The Morgan fingerprint density at radius 2 is 1.71 bits per heavy atom. The highest BCUT2D eigenvalue weighted by atomic mass is 35.5. The Labute approximate surface area is 119 Å². The van der Waals surface area contributed by atoms with Gasteiger partial charge in [0.25, 0.3) is 0 Å². The van der Waals surface area contributed by atoms with Gasteiger partial charge in [-0.1, -0.05) is 50.9 Å². The van der Waals surface area contributed by atoms with Gasteiger partial charge in [0.15, 0.2) is 0 Å². The summed E-state index contributed by atoms with van der Waals surface area (Å²) in [7, 11) is 0. The Balaban J connectivity index is 3.31. The van der Waals surface area contributed by atoms with Crippen molar-refractivity contribution in [1.29, 1.82) is 0 Å². The van der Waals surface area contributed by atoms with Crippen LogP contribution in [0.3, 0.4) is 0 Å². The lowest BCUT2D eigenvalue weighted by Crippen LogP contribution is -2.15. The molecule has 0 aliphatic carbocycles. The monoisotopic (exact) mass is 290 g/mol. The van der Waals surface area contributed by atoms with Crippen molar-refractivity contribution in [3.63, 3.8) is 0 Å². The van der Waals surface area contributed by atoms with Crippen molar-refractivity contribution < 1.29 is 0 Å². The van der Waals surface area contributed by atoms with E-state index in [4.69, 9.17) is 23.2 Å². The van der Waals surface area contributed by atoms with Gasteiger partial charge in [0.2, 0.25) is 0 Å². The van der Waals surface area contributed by atoms with Crippen LogP contribution in [-0.2, 0) is 5.41 Å². The molecule has 1 unspecified atom stereocenters. The maximum absolute atomic E-state index is 6.14. The lowest BCUT2D eigenvalue weighted by Gasteiger charge is -2.26. The van der Waals surface area contributed by atoms with Gasteiger partial charge in [0.1, 0.15) is 0 Å². The third-order valence-electron chi connectivity index (χ3n) is 2.76. The molecule has 0 saturated carbocycles. The van der Waals surface area contributed by atoms with Crippen LogP contribution in [0.25, 0.3) is 0 Å². The van der Waals surface area contributed by atoms with Crippen molar-refractivity contribution in [3.05, 3.63) is 33.3 Å². The minimum Gasteiger partial charge on any atom is -0.154 e. The average molecular weight is 291 g/mol. The summed E-state index contributed by atoms with van der Waals surface area (Å²) >= 11 is 14.2. The molecular weight excluding hydrogens is 271 g/mol. The van der Waals surface area contributed by atoms with Crippen LogP contribution in [0.1, 0.15) is 51.0 Å². The molecule has 0 radical (unpaired) electrons. The standard InChI is InChI=1S/C14H20Cl2S/c1-6-17-9(2)10-7-12(15)13(16)8-11(10)14(3,4)5/h7-9H,6H2,1-5H3. The molecular formula is C14H20Cl2S. The van der Waals surface area contributed by atoms with Crippen molar-refractivity contribution in [2.45, 2.75) is 45.3 Å². The topological polar surface area (TPSA) is 0 Å². The summed E-state index contributed by atoms with van der Waals surface area (Å²) in [5.41, 5.74) is 2.69. The summed E-state index contributed by atoms with van der Waals surface area (Å²) in [5.74, 6) is 1.10. The van der Waals surface area contributed by atoms with Crippen molar-refractivity contribution in [3.8, 4) is 0 Å². The Morgan fingerprint density at radius 3 is 2.18 bits per heavy atom. The number of hydrogen-bond donors (Lipinski definition) is 0. The van der Waals surface area contributed by atoms with Gasteiger partial charge in [-0.15, -0.1) is 0 Å². The number of hydrogen-bond acceptors (Lipinski definition) is 1. The SMILES string of the molecule is CCSC(C)c1cc(Cl)c(Cl)cc1C(C)(C)C. The molecule has 0 aliphatic rings. The van der Waals surface area contributed by atoms with Crippen LogP contribution in [0.5, 0.6) is 0 Å². The lowest BCUT2D eigenvalue weighted by atomic mass is 9.83. The molecule has 1 aromatic rings. The summed E-state index contributed by atoms with van der Waals surface area (Å²) in [6.45, 7) is 11.0. The van der Waals surface area contributed by atoms with Gasteiger partial charge in [0.05, 0.1) is 10.0 Å². The van der Waals surface area contributed by atoms with E-state index in [1.807, 2.05) is 23.9 Å². The van der Waals surface area contributed by atoms with Gasteiger partial charge in [-0.05, 0) is 41.4 Å². The van der Waals surface area contributed by atoms with E-state index in [2.05, 4.69) is 34.6 Å². The second-order valence-electron chi connectivity index (χ2n) is 5.20. The third-order valence-corrected chi connectivity index (χ3v) is 4.56. The highest BCUT2D eigenvalue weighted by Crippen LogP contribution is 2.40. The predicted octanol–water partition coefficient (Wildman–Crippen LogP) is 6.11. The molecule has 1 rings (SSSR count). The lowest BCUT2D eigenvalue weighted by molar-refractivity contribution is 0.583. The molecule has 0 bridgehead atoms. The van der Waals surface area contributed by atoms with E-state index in [1.165, 1.54) is 11.1 Å². The Morgan fingerprint density at radius 1 is 1.18 bits per heavy atom. The van der Waals surface area contributed by atoms with E-state index in [-0.39, 0.29) is 5.41 Å². The highest BCUT2D eigenvalue weighted by molar-refractivity contribution is 7.99.